The number of fused-ring (bicyclic) bond motifs is 3. The van der Waals surface area contributed by atoms with E-state index in [9.17, 15) is 0 Å². The summed E-state index contributed by atoms with van der Waals surface area (Å²) in [5.74, 6) is 0. The van der Waals surface area contributed by atoms with Crippen LogP contribution in [-0.2, 0) is 5.41 Å². The minimum Gasteiger partial charge on any atom is -0.398 e. The number of para-hydroxylation sites is 1. The lowest BCUT2D eigenvalue weighted by Crippen LogP contribution is -2.23. The molecule has 1 aromatic heterocycles. The number of nitrogens with two attached hydrogens (primary N) is 1. The number of nitrogens with one attached hydrogen (secondary N) is 1. The molecule has 0 fully saturated rings. The molecule has 3 heteroatoms. The first kappa shape index (κ1) is 14.9. The normalized spacial score (nSPS) is 16.2. The van der Waals surface area contributed by atoms with Crippen molar-refractivity contribution in [2.45, 2.75) is 32.2 Å². The average Bonchev–Trinajstić information content (AvgIpc) is 3.03. The molecule has 0 saturated heterocycles. The number of nitrogens with zero attached hydrogens (tertiary/aromatic N) is 1. The van der Waals surface area contributed by atoms with Gasteiger partial charge in [0.1, 0.15) is 0 Å². The number of anilines is 2. The van der Waals surface area contributed by atoms with Crippen LogP contribution >= 0.6 is 0 Å². The van der Waals surface area contributed by atoms with Gasteiger partial charge in [0.15, 0.2) is 0 Å². The predicted molar refractivity (Wildman–Crippen MR) is 101 cm³/mol. The van der Waals surface area contributed by atoms with E-state index in [1.165, 1.54) is 16.9 Å². The molecule has 0 radical (unpaired) electrons. The zero-order valence-electron chi connectivity index (χ0n) is 14.4. The molecular weight excluding hydrogens is 294 g/mol. The molecule has 0 aliphatic carbocycles. The molecule has 3 N–H and O–H groups in total. The third-order valence-electron chi connectivity index (χ3n) is 4.81. The van der Waals surface area contributed by atoms with Crippen molar-refractivity contribution in [2.75, 3.05) is 11.1 Å². The SMILES string of the molecule is CC(C)(C)c1ccc2c(c1)NC(c1ccccc1N)c1cccn1-2. The van der Waals surface area contributed by atoms with Crippen LogP contribution in [0.2, 0.25) is 0 Å². The van der Waals surface area contributed by atoms with E-state index in [-0.39, 0.29) is 11.5 Å². The van der Waals surface area contributed by atoms with E-state index in [0.29, 0.717) is 0 Å². The second-order valence-corrected chi connectivity index (χ2v) is 7.49. The highest BCUT2D eigenvalue weighted by Crippen LogP contribution is 2.40. The highest BCUT2D eigenvalue weighted by Gasteiger charge is 2.27. The molecule has 2 aromatic carbocycles. The Morgan fingerprint density at radius 3 is 2.54 bits per heavy atom. The van der Waals surface area contributed by atoms with E-state index >= 15 is 0 Å². The molecule has 1 unspecified atom stereocenters. The Bertz CT molecular complexity index is 899. The molecule has 122 valence electrons. The standard InChI is InChI=1S/C21H23N3/c1-21(2,3)14-10-11-18-17(13-14)23-20(19-9-6-12-24(18)19)15-7-4-5-8-16(15)22/h4-13,20,23H,22H2,1-3H3. The molecule has 0 spiro atoms. The number of nitrogen functional groups attached to an aromatic ring is 1. The third kappa shape index (κ3) is 2.28. The first-order valence-electron chi connectivity index (χ1n) is 8.38. The van der Waals surface area contributed by atoms with Crippen LogP contribution < -0.4 is 11.1 Å². The highest BCUT2D eigenvalue weighted by atomic mass is 15.1. The van der Waals surface area contributed by atoms with Crippen molar-refractivity contribution in [3.8, 4) is 5.69 Å². The van der Waals surface area contributed by atoms with Gasteiger partial charge in [0.05, 0.1) is 17.4 Å². The van der Waals surface area contributed by atoms with Gasteiger partial charge in [-0.1, -0.05) is 45.0 Å². The zero-order valence-corrected chi connectivity index (χ0v) is 14.4. The van der Waals surface area contributed by atoms with Crippen molar-refractivity contribution >= 4 is 11.4 Å². The topological polar surface area (TPSA) is 43.0 Å². The van der Waals surface area contributed by atoms with E-state index < -0.39 is 0 Å². The zero-order chi connectivity index (χ0) is 16.9. The predicted octanol–water partition coefficient (Wildman–Crippen LogP) is 4.87. The Morgan fingerprint density at radius 1 is 1.00 bits per heavy atom. The summed E-state index contributed by atoms with van der Waals surface area (Å²) in [5.41, 5.74) is 13.2. The molecule has 1 aliphatic rings. The van der Waals surface area contributed by atoms with E-state index in [1.54, 1.807) is 0 Å². The van der Waals surface area contributed by atoms with Crippen molar-refractivity contribution in [3.63, 3.8) is 0 Å². The summed E-state index contributed by atoms with van der Waals surface area (Å²) < 4.78 is 2.26. The van der Waals surface area contributed by atoms with E-state index in [1.807, 2.05) is 18.2 Å². The first-order chi connectivity index (χ1) is 11.4. The molecular formula is C21H23N3. The van der Waals surface area contributed by atoms with Gasteiger partial charge in [-0.15, -0.1) is 0 Å². The number of hydrogen-bond donors (Lipinski definition) is 2. The molecule has 24 heavy (non-hydrogen) atoms. The van der Waals surface area contributed by atoms with Gasteiger partial charge < -0.3 is 15.6 Å². The summed E-state index contributed by atoms with van der Waals surface area (Å²) in [5, 5.41) is 3.71. The maximum Gasteiger partial charge on any atom is 0.0943 e. The van der Waals surface area contributed by atoms with Crippen LogP contribution in [0.1, 0.15) is 43.6 Å². The highest BCUT2D eigenvalue weighted by molar-refractivity contribution is 5.70. The minimum absolute atomic E-state index is 0.0592. The van der Waals surface area contributed by atoms with Gasteiger partial charge in [-0.25, -0.2) is 0 Å². The van der Waals surface area contributed by atoms with Crippen molar-refractivity contribution in [3.05, 3.63) is 77.6 Å². The molecule has 2 heterocycles. The van der Waals surface area contributed by atoms with Gasteiger partial charge in [0, 0.05) is 23.1 Å². The molecule has 0 saturated carbocycles. The van der Waals surface area contributed by atoms with Crippen molar-refractivity contribution < 1.29 is 0 Å². The lowest BCUT2D eigenvalue weighted by Gasteiger charge is -2.32. The van der Waals surface area contributed by atoms with Crippen LogP contribution in [0.5, 0.6) is 0 Å². The van der Waals surface area contributed by atoms with Crippen molar-refractivity contribution in [1.29, 1.82) is 0 Å². The minimum atomic E-state index is 0.0592. The first-order valence-corrected chi connectivity index (χ1v) is 8.38. The molecule has 3 nitrogen and oxygen atoms in total. The Kier molecular flexibility index (Phi) is 3.20. The fourth-order valence-corrected chi connectivity index (χ4v) is 3.42. The Balaban J connectivity index is 1.88. The number of benzene rings is 2. The fourth-order valence-electron chi connectivity index (χ4n) is 3.42. The number of hydrogen-bond acceptors (Lipinski definition) is 2. The van der Waals surface area contributed by atoms with Crippen molar-refractivity contribution in [1.82, 2.24) is 4.57 Å². The molecule has 1 atom stereocenters. The maximum absolute atomic E-state index is 6.25. The number of rotatable bonds is 1. The van der Waals surface area contributed by atoms with Crippen molar-refractivity contribution in [2.24, 2.45) is 0 Å². The van der Waals surface area contributed by atoms with E-state index in [2.05, 4.69) is 73.3 Å². The largest absolute Gasteiger partial charge is 0.398 e. The van der Waals surface area contributed by atoms with Crippen LogP contribution in [0.25, 0.3) is 5.69 Å². The summed E-state index contributed by atoms with van der Waals surface area (Å²) in [6, 6.07) is 19.1. The monoisotopic (exact) mass is 317 g/mol. The van der Waals surface area contributed by atoms with Gasteiger partial charge in [-0.05, 0) is 41.3 Å². The van der Waals surface area contributed by atoms with Crippen LogP contribution in [0.4, 0.5) is 11.4 Å². The smallest absolute Gasteiger partial charge is 0.0943 e. The van der Waals surface area contributed by atoms with E-state index in [0.717, 1.165) is 16.9 Å². The van der Waals surface area contributed by atoms with Crippen LogP contribution in [-0.4, -0.2) is 4.57 Å². The maximum atomic E-state index is 6.25. The van der Waals surface area contributed by atoms with Crippen LogP contribution in [0.3, 0.4) is 0 Å². The number of aromatic nitrogens is 1. The summed E-state index contributed by atoms with van der Waals surface area (Å²) in [6.07, 6.45) is 2.12. The van der Waals surface area contributed by atoms with Gasteiger partial charge in [-0.2, -0.15) is 0 Å². The summed E-state index contributed by atoms with van der Waals surface area (Å²) in [6.45, 7) is 6.72. The lowest BCUT2D eigenvalue weighted by atomic mass is 9.86. The second-order valence-electron chi connectivity index (χ2n) is 7.49. The van der Waals surface area contributed by atoms with Crippen LogP contribution in [0, 0.1) is 0 Å². The Morgan fingerprint density at radius 2 is 1.79 bits per heavy atom. The summed E-state index contributed by atoms with van der Waals surface area (Å²) in [7, 11) is 0. The Hall–Kier alpha value is -2.68. The summed E-state index contributed by atoms with van der Waals surface area (Å²) >= 11 is 0. The molecule has 1 aliphatic heterocycles. The summed E-state index contributed by atoms with van der Waals surface area (Å²) in [4.78, 5) is 0. The van der Waals surface area contributed by atoms with E-state index in [4.69, 9.17) is 5.73 Å². The van der Waals surface area contributed by atoms with Gasteiger partial charge in [-0.3, -0.25) is 0 Å². The van der Waals surface area contributed by atoms with Crippen LogP contribution in [0.15, 0.2) is 60.8 Å². The third-order valence-corrected chi connectivity index (χ3v) is 4.81. The quantitative estimate of drug-likeness (QED) is 0.629. The average molecular weight is 317 g/mol. The molecule has 3 aromatic rings. The molecule has 4 rings (SSSR count). The lowest BCUT2D eigenvalue weighted by molar-refractivity contribution is 0.590. The molecule has 0 bridgehead atoms. The van der Waals surface area contributed by atoms with Gasteiger partial charge in [0.25, 0.3) is 0 Å². The van der Waals surface area contributed by atoms with Gasteiger partial charge in [0.2, 0.25) is 0 Å². The molecule has 0 amide bonds. The van der Waals surface area contributed by atoms with Gasteiger partial charge >= 0.3 is 0 Å². The second kappa shape index (κ2) is 5.17. The fraction of sp³-hybridized carbons (Fsp3) is 0.238. The Labute approximate surface area is 143 Å².